The quantitative estimate of drug-likeness (QED) is 0.813. The second-order valence-corrected chi connectivity index (χ2v) is 5.03. The number of likely N-dealkylation sites (tertiary alicyclic amines) is 1. The van der Waals surface area contributed by atoms with Gasteiger partial charge in [0.2, 0.25) is 5.91 Å². The number of carbonyl (C=O) groups is 1. The zero-order valence-corrected chi connectivity index (χ0v) is 11.2. The van der Waals surface area contributed by atoms with Gasteiger partial charge < -0.3 is 15.4 Å². The van der Waals surface area contributed by atoms with Gasteiger partial charge in [-0.25, -0.2) is 0 Å². The van der Waals surface area contributed by atoms with Crippen molar-refractivity contribution >= 4 is 18.3 Å². The van der Waals surface area contributed by atoms with Crippen LogP contribution in [0.1, 0.15) is 32.1 Å². The van der Waals surface area contributed by atoms with Crippen LogP contribution in [0.5, 0.6) is 0 Å². The molecule has 0 radical (unpaired) electrons. The number of amides is 1. The van der Waals surface area contributed by atoms with Crippen LogP contribution in [0, 0.1) is 5.92 Å². The molecule has 2 aliphatic rings. The second kappa shape index (κ2) is 6.57. The van der Waals surface area contributed by atoms with Gasteiger partial charge in [-0.15, -0.1) is 12.4 Å². The van der Waals surface area contributed by atoms with E-state index >= 15 is 0 Å². The molecule has 100 valence electrons. The van der Waals surface area contributed by atoms with Gasteiger partial charge in [0, 0.05) is 32.2 Å². The standard InChI is InChI=1S/C12H22N2O2.ClH/c1-16-11-4-6-14(7-5-11)12(15)9-2-3-10(13)8-9;/h9-11H,2-8,13H2,1H3;1H. The molecular formula is C12H23ClN2O2. The molecule has 17 heavy (non-hydrogen) atoms. The lowest BCUT2D eigenvalue weighted by Gasteiger charge is -2.32. The molecule has 1 heterocycles. The van der Waals surface area contributed by atoms with Crippen molar-refractivity contribution in [3.8, 4) is 0 Å². The fraction of sp³-hybridized carbons (Fsp3) is 0.917. The second-order valence-electron chi connectivity index (χ2n) is 5.03. The van der Waals surface area contributed by atoms with Gasteiger partial charge in [0.15, 0.2) is 0 Å². The zero-order chi connectivity index (χ0) is 11.5. The van der Waals surface area contributed by atoms with Crippen molar-refractivity contribution in [2.24, 2.45) is 11.7 Å². The van der Waals surface area contributed by atoms with Crippen LogP contribution in [0.15, 0.2) is 0 Å². The summed E-state index contributed by atoms with van der Waals surface area (Å²) >= 11 is 0. The number of hydrogen-bond donors (Lipinski definition) is 1. The van der Waals surface area contributed by atoms with E-state index < -0.39 is 0 Å². The van der Waals surface area contributed by atoms with Crippen molar-refractivity contribution < 1.29 is 9.53 Å². The SMILES string of the molecule is COC1CCN(C(=O)C2CCC(N)C2)CC1.Cl. The first-order chi connectivity index (χ1) is 7.70. The van der Waals surface area contributed by atoms with E-state index in [0.717, 1.165) is 45.2 Å². The monoisotopic (exact) mass is 262 g/mol. The van der Waals surface area contributed by atoms with Crippen molar-refractivity contribution in [2.75, 3.05) is 20.2 Å². The molecule has 5 heteroatoms. The highest BCUT2D eigenvalue weighted by Gasteiger charge is 2.32. The van der Waals surface area contributed by atoms with Crippen molar-refractivity contribution in [2.45, 2.75) is 44.2 Å². The van der Waals surface area contributed by atoms with Gasteiger partial charge in [0.25, 0.3) is 0 Å². The van der Waals surface area contributed by atoms with Crippen LogP contribution in [0.2, 0.25) is 0 Å². The first-order valence-electron chi connectivity index (χ1n) is 6.28. The van der Waals surface area contributed by atoms with Gasteiger partial charge in [-0.3, -0.25) is 4.79 Å². The predicted octanol–water partition coefficient (Wildman–Crippen LogP) is 1.17. The summed E-state index contributed by atoms with van der Waals surface area (Å²) in [6, 6.07) is 0.241. The highest BCUT2D eigenvalue weighted by atomic mass is 35.5. The molecule has 1 saturated heterocycles. The Balaban J connectivity index is 0.00000144. The predicted molar refractivity (Wildman–Crippen MR) is 69.2 cm³/mol. The molecule has 1 amide bonds. The molecule has 1 aliphatic carbocycles. The summed E-state index contributed by atoms with van der Waals surface area (Å²) in [5.41, 5.74) is 5.85. The van der Waals surface area contributed by atoms with E-state index in [1.54, 1.807) is 7.11 Å². The van der Waals surface area contributed by atoms with Crippen LogP contribution in [0.25, 0.3) is 0 Å². The molecule has 4 nitrogen and oxygen atoms in total. The van der Waals surface area contributed by atoms with Gasteiger partial charge in [0.1, 0.15) is 0 Å². The van der Waals surface area contributed by atoms with Gasteiger partial charge in [-0.2, -0.15) is 0 Å². The zero-order valence-electron chi connectivity index (χ0n) is 10.4. The Labute approximate surface area is 109 Å². The van der Waals surface area contributed by atoms with E-state index in [9.17, 15) is 4.79 Å². The Morgan fingerprint density at radius 1 is 1.24 bits per heavy atom. The lowest BCUT2D eigenvalue weighted by molar-refractivity contribution is -0.137. The molecule has 0 bridgehead atoms. The van der Waals surface area contributed by atoms with Crippen LogP contribution in [-0.2, 0) is 9.53 Å². The molecule has 0 aromatic heterocycles. The topological polar surface area (TPSA) is 55.6 Å². The Morgan fingerprint density at radius 3 is 2.35 bits per heavy atom. The summed E-state index contributed by atoms with van der Waals surface area (Å²) in [5.74, 6) is 0.511. The van der Waals surface area contributed by atoms with Crippen LogP contribution in [-0.4, -0.2) is 43.2 Å². The summed E-state index contributed by atoms with van der Waals surface area (Å²) < 4.78 is 5.30. The van der Waals surface area contributed by atoms with Crippen LogP contribution in [0.3, 0.4) is 0 Å². The van der Waals surface area contributed by atoms with Crippen LogP contribution < -0.4 is 5.73 Å². The van der Waals surface area contributed by atoms with E-state index in [2.05, 4.69) is 0 Å². The molecule has 2 atom stereocenters. The van der Waals surface area contributed by atoms with Crippen LogP contribution in [0.4, 0.5) is 0 Å². The number of piperidine rings is 1. The first-order valence-corrected chi connectivity index (χ1v) is 6.28. The summed E-state index contributed by atoms with van der Waals surface area (Å²) in [6.45, 7) is 1.70. The molecular weight excluding hydrogens is 240 g/mol. The van der Waals surface area contributed by atoms with Gasteiger partial charge in [-0.05, 0) is 32.1 Å². The molecule has 0 spiro atoms. The van der Waals surface area contributed by atoms with E-state index in [4.69, 9.17) is 10.5 Å². The van der Waals surface area contributed by atoms with Crippen molar-refractivity contribution in [3.63, 3.8) is 0 Å². The fourth-order valence-electron chi connectivity index (χ4n) is 2.81. The summed E-state index contributed by atoms with van der Waals surface area (Å²) in [5, 5.41) is 0. The van der Waals surface area contributed by atoms with E-state index in [1.165, 1.54) is 0 Å². The van der Waals surface area contributed by atoms with Gasteiger partial charge in [-0.1, -0.05) is 0 Å². The Kier molecular flexibility index (Phi) is 5.70. The highest BCUT2D eigenvalue weighted by molar-refractivity contribution is 5.85. The summed E-state index contributed by atoms with van der Waals surface area (Å²) in [6.07, 6.45) is 5.15. The minimum Gasteiger partial charge on any atom is -0.381 e. The number of methoxy groups -OCH3 is 1. The van der Waals surface area contributed by atoms with Gasteiger partial charge in [0.05, 0.1) is 6.10 Å². The average molecular weight is 263 g/mol. The van der Waals surface area contributed by atoms with E-state index in [1.807, 2.05) is 4.90 Å². The molecule has 2 unspecified atom stereocenters. The van der Waals surface area contributed by atoms with Gasteiger partial charge >= 0.3 is 0 Å². The third-order valence-electron chi connectivity index (χ3n) is 3.91. The molecule has 0 aromatic carbocycles. The smallest absolute Gasteiger partial charge is 0.225 e. The Bertz CT molecular complexity index is 255. The molecule has 1 saturated carbocycles. The van der Waals surface area contributed by atoms with E-state index in [-0.39, 0.29) is 24.4 Å². The van der Waals surface area contributed by atoms with Crippen molar-refractivity contribution in [1.29, 1.82) is 0 Å². The first kappa shape index (κ1) is 14.7. The summed E-state index contributed by atoms with van der Waals surface area (Å²) in [7, 11) is 1.75. The molecule has 0 aromatic rings. The van der Waals surface area contributed by atoms with Crippen molar-refractivity contribution in [1.82, 2.24) is 4.90 Å². The normalized spacial score (nSPS) is 30.1. The van der Waals surface area contributed by atoms with Crippen LogP contribution >= 0.6 is 12.4 Å². The molecule has 2 N–H and O–H groups in total. The van der Waals surface area contributed by atoms with E-state index in [0.29, 0.717) is 12.0 Å². The largest absolute Gasteiger partial charge is 0.381 e. The fourth-order valence-corrected chi connectivity index (χ4v) is 2.81. The number of nitrogens with zero attached hydrogens (tertiary/aromatic N) is 1. The third-order valence-corrected chi connectivity index (χ3v) is 3.91. The minimum absolute atomic E-state index is 0. The number of carbonyl (C=O) groups excluding carboxylic acids is 1. The minimum atomic E-state index is 0. The number of ether oxygens (including phenoxy) is 1. The number of rotatable bonds is 2. The molecule has 2 rings (SSSR count). The third kappa shape index (κ3) is 3.57. The Hall–Kier alpha value is -0.320. The molecule has 2 fully saturated rings. The Morgan fingerprint density at radius 2 is 1.88 bits per heavy atom. The maximum absolute atomic E-state index is 12.2. The highest BCUT2D eigenvalue weighted by Crippen LogP contribution is 2.27. The number of nitrogens with two attached hydrogens (primary N) is 1. The number of halogens is 1. The number of hydrogen-bond acceptors (Lipinski definition) is 3. The maximum atomic E-state index is 12.2. The average Bonchev–Trinajstić information content (AvgIpc) is 2.75. The molecule has 1 aliphatic heterocycles. The summed E-state index contributed by atoms with van der Waals surface area (Å²) in [4.78, 5) is 14.2. The lowest BCUT2D eigenvalue weighted by Crippen LogP contribution is -2.43. The maximum Gasteiger partial charge on any atom is 0.225 e. The lowest BCUT2D eigenvalue weighted by atomic mass is 10.0. The van der Waals surface area contributed by atoms with Crippen molar-refractivity contribution in [3.05, 3.63) is 0 Å².